The number of aliphatic hydroxyl groups is 1. The molecule has 3 aliphatic heterocycles. The van der Waals surface area contributed by atoms with Crippen LogP contribution >= 0.6 is 0 Å². The lowest BCUT2D eigenvalue weighted by molar-refractivity contribution is -0.987. The van der Waals surface area contributed by atoms with E-state index in [0.29, 0.717) is 48.1 Å². The van der Waals surface area contributed by atoms with Crippen LogP contribution in [-0.2, 0) is 18.9 Å². The van der Waals surface area contributed by atoms with Crippen LogP contribution in [0, 0.1) is 11.3 Å². The topological polar surface area (TPSA) is 42.4 Å². The number of benzene rings is 2. The highest BCUT2D eigenvalue weighted by atomic mass is 79.9. The van der Waals surface area contributed by atoms with Crippen molar-refractivity contribution in [3.63, 3.8) is 0 Å². The molecule has 0 radical (unpaired) electrons. The Balaban J connectivity index is 0.00000387. The number of alkyl halides is 6. The molecule has 41 heavy (non-hydrogen) atoms. The predicted molar refractivity (Wildman–Crippen MR) is 138 cm³/mol. The lowest BCUT2D eigenvalue weighted by Gasteiger charge is -2.62. The van der Waals surface area contributed by atoms with Crippen LogP contribution in [-0.4, -0.2) is 40.8 Å². The molecule has 2 aromatic carbocycles. The van der Waals surface area contributed by atoms with E-state index in [-0.39, 0.29) is 51.0 Å². The van der Waals surface area contributed by atoms with E-state index in [1.54, 1.807) is 30.5 Å². The predicted octanol–water partition coefficient (Wildman–Crippen LogP) is 4.32. The van der Waals surface area contributed by atoms with Gasteiger partial charge in [0.2, 0.25) is 0 Å². The molecule has 222 valence electrons. The number of methoxy groups -OCH3 is 1. The van der Waals surface area contributed by atoms with E-state index in [1.165, 1.54) is 7.11 Å². The second-order valence-corrected chi connectivity index (χ2v) is 11.4. The number of hydrogen-bond acceptors (Lipinski definition) is 3. The molecule has 3 aromatic rings. The lowest BCUT2D eigenvalue weighted by Crippen LogP contribution is -3.00. The van der Waals surface area contributed by atoms with Gasteiger partial charge in [-0.3, -0.25) is 4.98 Å². The SMILES string of the molecule is C=C[C@H]1C[N+]2(Cc3cc(C(F)(F)F)cc(C(F)(F)F)c3)CC[C@@]1(C)C[C@H]2[C@H](O)c1ccnc2ccc(OC)cc12.[Br-]. The molecule has 11 heteroatoms. The highest BCUT2D eigenvalue weighted by Gasteiger charge is 2.59. The third-order valence-corrected chi connectivity index (χ3v) is 9.06. The fourth-order valence-corrected chi connectivity index (χ4v) is 6.84. The Morgan fingerprint density at radius 1 is 1.10 bits per heavy atom. The van der Waals surface area contributed by atoms with Gasteiger partial charge in [-0.25, -0.2) is 0 Å². The first kappa shape index (κ1) is 31.3. The minimum atomic E-state index is -4.93. The van der Waals surface area contributed by atoms with Gasteiger partial charge in [-0.2, -0.15) is 26.3 Å². The van der Waals surface area contributed by atoms with Crippen molar-refractivity contribution in [2.75, 3.05) is 20.2 Å². The van der Waals surface area contributed by atoms with Crippen LogP contribution < -0.4 is 21.7 Å². The number of nitrogens with zero attached hydrogens (tertiary/aromatic N) is 2. The molecule has 6 rings (SSSR count). The van der Waals surface area contributed by atoms with E-state index in [9.17, 15) is 31.4 Å². The van der Waals surface area contributed by atoms with Crippen LogP contribution in [0.25, 0.3) is 10.9 Å². The molecule has 0 aliphatic carbocycles. The van der Waals surface area contributed by atoms with Crippen LogP contribution in [0.15, 0.2) is 61.3 Å². The maximum absolute atomic E-state index is 13.7. The number of piperidine rings is 3. The first-order valence-corrected chi connectivity index (χ1v) is 13.1. The molecular weight excluding hydrogens is 614 g/mol. The summed E-state index contributed by atoms with van der Waals surface area (Å²) in [5.74, 6) is 0.567. The Bertz CT molecular complexity index is 1410. The van der Waals surface area contributed by atoms with Crippen LogP contribution in [0.4, 0.5) is 26.3 Å². The molecule has 3 saturated heterocycles. The number of pyridine rings is 1. The summed E-state index contributed by atoms with van der Waals surface area (Å²) in [6.45, 7) is 6.97. The number of rotatable bonds is 6. The van der Waals surface area contributed by atoms with Gasteiger partial charge in [0.05, 0.1) is 36.8 Å². The molecular formula is C30H31BrF6N2O2. The summed E-state index contributed by atoms with van der Waals surface area (Å²) in [5.41, 5.74) is -1.70. The number of aromatic nitrogens is 1. The van der Waals surface area contributed by atoms with Crippen molar-refractivity contribution in [1.82, 2.24) is 4.98 Å². The molecule has 4 heterocycles. The first-order valence-electron chi connectivity index (χ1n) is 13.1. The van der Waals surface area contributed by atoms with E-state index in [1.807, 2.05) is 6.08 Å². The van der Waals surface area contributed by atoms with Gasteiger partial charge < -0.3 is 31.3 Å². The molecule has 0 amide bonds. The molecule has 0 spiro atoms. The largest absolute Gasteiger partial charge is 1.00 e. The van der Waals surface area contributed by atoms with Crippen LogP contribution in [0.1, 0.15) is 48.1 Å². The van der Waals surface area contributed by atoms with E-state index in [4.69, 9.17) is 4.74 Å². The third-order valence-electron chi connectivity index (χ3n) is 9.06. The second kappa shape index (κ2) is 10.9. The monoisotopic (exact) mass is 644 g/mol. The van der Waals surface area contributed by atoms with Crippen LogP contribution in [0.5, 0.6) is 5.75 Å². The zero-order valence-electron chi connectivity index (χ0n) is 22.6. The molecule has 3 aliphatic rings. The van der Waals surface area contributed by atoms with Gasteiger partial charge >= 0.3 is 12.4 Å². The van der Waals surface area contributed by atoms with Crippen molar-refractivity contribution in [2.24, 2.45) is 11.3 Å². The Morgan fingerprint density at radius 2 is 1.76 bits per heavy atom. The van der Waals surface area contributed by atoms with Crippen molar-refractivity contribution >= 4 is 10.9 Å². The fourth-order valence-electron chi connectivity index (χ4n) is 6.84. The Morgan fingerprint density at radius 3 is 2.34 bits per heavy atom. The summed E-state index contributed by atoms with van der Waals surface area (Å²) in [6.07, 6.45) is -6.26. The number of halogens is 7. The van der Waals surface area contributed by atoms with Crippen molar-refractivity contribution < 1.29 is 57.7 Å². The van der Waals surface area contributed by atoms with Gasteiger partial charge in [-0.05, 0) is 53.4 Å². The van der Waals surface area contributed by atoms with Gasteiger partial charge in [0.1, 0.15) is 24.4 Å². The Labute approximate surface area is 245 Å². The zero-order chi connectivity index (χ0) is 29.1. The average molecular weight is 645 g/mol. The van der Waals surface area contributed by atoms with E-state index in [0.717, 1.165) is 12.1 Å². The third kappa shape index (κ3) is 5.72. The summed E-state index contributed by atoms with van der Waals surface area (Å²) < 4.78 is 87.5. The maximum Gasteiger partial charge on any atom is 0.416 e. The van der Waals surface area contributed by atoms with Gasteiger partial charge in [0.15, 0.2) is 0 Å². The molecule has 1 unspecified atom stereocenters. The highest BCUT2D eigenvalue weighted by Crippen LogP contribution is 2.55. The number of aliphatic hydroxyl groups excluding tert-OH is 1. The van der Waals surface area contributed by atoms with Crippen LogP contribution in [0.3, 0.4) is 0 Å². The molecule has 1 aromatic heterocycles. The average Bonchev–Trinajstić information content (AvgIpc) is 2.91. The minimum absolute atomic E-state index is 0. The van der Waals surface area contributed by atoms with Crippen LogP contribution in [0.2, 0.25) is 0 Å². The van der Waals surface area contributed by atoms with E-state index in [2.05, 4.69) is 18.5 Å². The maximum atomic E-state index is 13.7. The summed E-state index contributed by atoms with van der Waals surface area (Å²) in [7, 11) is 1.53. The van der Waals surface area contributed by atoms with E-state index < -0.39 is 35.6 Å². The van der Waals surface area contributed by atoms with Gasteiger partial charge in [-0.15, -0.1) is 6.58 Å². The molecule has 1 N–H and O–H groups in total. The first-order chi connectivity index (χ1) is 18.7. The van der Waals surface area contributed by atoms with Crippen molar-refractivity contribution in [3.8, 4) is 5.75 Å². The minimum Gasteiger partial charge on any atom is -1.00 e. The van der Waals surface area contributed by atoms with Gasteiger partial charge in [0.25, 0.3) is 0 Å². The number of hydrogen-bond donors (Lipinski definition) is 1. The molecule has 5 atom stereocenters. The number of ether oxygens (including phenoxy) is 1. The second-order valence-electron chi connectivity index (χ2n) is 11.4. The Hall–Kier alpha value is -2.63. The quantitative estimate of drug-likeness (QED) is 0.247. The summed E-state index contributed by atoms with van der Waals surface area (Å²) in [5, 5.41) is 12.6. The number of quaternary nitrogens is 1. The smallest absolute Gasteiger partial charge is 0.416 e. The summed E-state index contributed by atoms with van der Waals surface area (Å²) in [6, 6.07) is 8.32. The molecule has 4 nitrogen and oxygen atoms in total. The molecule has 2 bridgehead atoms. The molecule has 3 fully saturated rings. The lowest BCUT2D eigenvalue weighted by atomic mass is 9.61. The highest BCUT2D eigenvalue weighted by molar-refractivity contribution is 5.83. The normalized spacial score (nSPS) is 26.9. The van der Waals surface area contributed by atoms with E-state index >= 15 is 0 Å². The summed E-state index contributed by atoms with van der Waals surface area (Å²) in [4.78, 5) is 4.38. The summed E-state index contributed by atoms with van der Waals surface area (Å²) >= 11 is 0. The zero-order valence-corrected chi connectivity index (χ0v) is 24.2. The number of fused-ring (bicyclic) bond motifs is 4. The molecule has 0 saturated carbocycles. The Kier molecular flexibility index (Phi) is 8.32. The fraction of sp³-hybridized carbons (Fsp3) is 0.433. The van der Waals surface area contributed by atoms with Crippen molar-refractivity contribution in [1.29, 1.82) is 0 Å². The van der Waals surface area contributed by atoms with Crippen molar-refractivity contribution in [3.05, 3.63) is 83.6 Å². The van der Waals surface area contributed by atoms with Gasteiger partial charge in [-0.1, -0.05) is 13.0 Å². The van der Waals surface area contributed by atoms with Gasteiger partial charge in [0, 0.05) is 35.9 Å². The standard InChI is InChI=1S/C30H31F6N2O2.BrH/c1-4-19-17-38(16-18-11-20(29(31,32)33)13-21(12-18)30(34,35)36)10-8-28(19,2)15-26(38)27(39)23-7-9-37-25-6-5-22(40-3)14-24(23)25;/h4-7,9,11-14,19,26-27,39H,1,8,10,15-17H2,2-3H3;1H/q+1;/p-1/t19-,26-,27+,28-,38?;/m0./s1. The van der Waals surface area contributed by atoms with Crippen molar-refractivity contribution in [2.45, 2.75) is 50.8 Å².